The van der Waals surface area contributed by atoms with Crippen molar-refractivity contribution in [3.8, 4) is 39.2 Å². The van der Waals surface area contributed by atoms with Crippen LogP contribution in [0.25, 0.3) is 83.4 Å². The van der Waals surface area contributed by atoms with Crippen LogP contribution in [-0.2, 0) is 0 Å². The second-order valence-corrected chi connectivity index (χ2v) is 13.7. The molecule has 0 saturated heterocycles. The first-order valence-corrected chi connectivity index (χ1v) is 17.7. The minimum absolute atomic E-state index is 0.980. The molecule has 2 aromatic heterocycles. The Morgan fingerprint density at radius 1 is 0.481 bits per heavy atom. The largest absolute Gasteiger partial charge is 0.309 e. The molecule has 9 aromatic rings. The van der Waals surface area contributed by atoms with Gasteiger partial charge in [0, 0.05) is 45.0 Å². The Kier molecular flexibility index (Phi) is 6.11. The van der Waals surface area contributed by atoms with E-state index in [0.717, 1.165) is 50.7 Å². The van der Waals surface area contributed by atoms with Gasteiger partial charge in [0.15, 0.2) is 0 Å². The highest BCUT2D eigenvalue weighted by molar-refractivity contribution is 6.16. The molecule has 0 N–H and O–H groups in total. The molecule has 3 nitrogen and oxygen atoms in total. The van der Waals surface area contributed by atoms with Crippen LogP contribution in [0.1, 0.15) is 11.1 Å². The molecule has 1 aliphatic carbocycles. The lowest BCUT2D eigenvalue weighted by Gasteiger charge is -2.30. The minimum atomic E-state index is 0.980. The number of aromatic nitrogens is 2. The summed E-state index contributed by atoms with van der Waals surface area (Å²) in [6.45, 7) is 4.55. The first-order chi connectivity index (χ1) is 25.7. The molecule has 0 bridgehead atoms. The summed E-state index contributed by atoms with van der Waals surface area (Å²) in [5, 5.41) is 4.97. The van der Waals surface area contributed by atoms with E-state index in [-0.39, 0.29) is 0 Å². The number of pyridine rings is 1. The molecule has 2 aliphatic rings. The molecule has 7 aromatic carbocycles. The van der Waals surface area contributed by atoms with Crippen LogP contribution >= 0.6 is 0 Å². The molecule has 0 amide bonds. The van der Waals surface area contributed by atoms with Crippen LogP contribution in [0.3, 0.4) is 0 Å². The maximum Gasteiger partial charge on any atom is 0.0787 e. The van der Waals surface area contributed by atoms with Gasteiger partial charge in [-0.15, -0.1) is 0 Å². The molecule has 3 heterocycles. The standard InChI is InChI=1S/C49H31N3/c1-31-20-21-32-11-5-7-18-44(32)51(36-13-3-2-4-14-36)46-24-22-33(28-41(31)46)34-23-25-47-42(29-34)38-15-6-8-19-45(38)52(47)37-27-35-12-9-16-39-40-17-10-26-50-49(40)43(30-37)48(35)39/h2-30H,1H2/b21-20-. The Morgan fingerprint density at radius 3 is 2.21 bits per heavy atom. The van der Waals surface area contributed by atoms with Gasteiger partial charge in [0.1, 0.15) is 0 Å². The highest BCUT2D eigenvalue weighted by Crippen LogP contribution is 2.48. The van der Waals surface area contributed by atoms with Crippen molar-refractivity contribution in [2.45, 2.75) is 0 Å². The van der Waals surface area contributed by atoms with Gasteiger partial charge in [-0.3, -0.25) is 4.98 Å². The molecule has 0 fully saturated rings. The molecule has 52 heavy (non-hydrogen) atoms. The molecule has 242 valence electrons. The summed E-state index contributed by atoms with van der Waals surface area (Å²) in [5.41, 5.74) is 17.2. The fourth-order valence-electron chi connectivity index (χ4n) is 8.49. The highest BCUT2D eigenvalue weighted by Gasteiger charge is 2.25. The summed E-state index contributed by atoms with van der Waals surface area (Å²) in [4.78, 5) is 7.20. The highest BCUT2D eigenvalue weighted by atomic mass is 15.1. The second kappa shape index (κ2) is 11.0. The Hall–Kier alpha value is -6.97. The summed E-state index contributed by atoms with van der Waals surface area (Å²) in [5.74, 6) is 0. The van der Waals surface area contributed by atoms with E-state index in [2.05, 4.69) is 180 Å². The van der Waals surface area contributed by atoms with E-state index >= 15 is 0 Å². The lowest BCUT2D eigenvalue weighted by Crippen LogP contribution is -2.14. The van der Waals surface area contributed by atoms with Gasteiger partial charge in [-0.2, -0.15) is 0 Å². The van der Waals surface area contributed by atoms with E-state index in [0.29, 0.717) is 0 Å². The molecular weight excluding hydrogens is 631 g/mol. The van der Waals surface area contributed by atoms with Crippen molar-refractivity contribution < 1.29 is 0 Å². The smallest absolute Gasteiger partial charge is 0.0787 e. The van der Waals surface area contributed by atoms with Gasteiger partial charge in [-0.1, -0.05) is 110 Å². The van der Waals surface area contributed by atoms with E-state index in [1.165, 1.54) is 54.8 Å². The predicted molar refractivity (Wildman–Crippen MR) is 219 cm³/mol. The molecule has 0 unspecified atom stereocenters. The zero-order valence-corrected chi connectivity index (χ0v) is 28.3. The number of allylic oxidation sites excluding steroid dienone is 2. The number of nitrogens with zero attached hydrogens (tertiary/aromatic N) is 3. The number of rotatable bonds is 3. The van der Waals surface area contributed by atoms with Gasteiger partial charge in [0.05, 0.1) is 28.1 Å². The van der Waals surface area contributed by atoms with Crippen LogP contribution in [0.5, 0.6) is 0 Å². The van der Waals surface area contributed by atoms with Crippen molar-refractivity contribution in [3.63, 3.8) is 0 Å². The average Bonchev–Trinajstić information content (AvgIpc) is 3.71. The van der Waals surface area contributed by atoms with Crippen molar-refractivity contribution in [1.29, 1.82) is 0 Å². The molecule has 11 rings (SSSR count). The Balaban J connectivity index is 1.09. The zero-order chi connectivity index (χ0) is 34.3. The second-order valence-electron chi connectivity index (χ2n) is 13.7. The maximum atomic E-state index is 4.85. The van der Waals surface area contributed by atoms with Gasteiger partial charge in [-0.05, 0) is 105 Å². The molecule has 3 heteroatoms. The minimum Gasteiger partial charge on any atom is -0.309 e. The van der Waals surface area contributed by atoms with E-state index in [1.54, 1.807) is 0 Å². The van der Waals surface area contributed by atoms with Crippen LogP contribution < -0.4 is 4.90 Å². The summed E-state index contributed by atoms with van der Waals surface area (Å²) >= 11 is 0. The molecular formula is C49H31N3. The van der Waals surface area contributed by atoms with E-state index < -0.39 is 0 Å². The molecule has 0 radical (unpaired) electrons. The fraction of sp³-hybridized carbons (Fsp3) is 0. The molecule has 1 aliphatic heterocycles. The quantitative estimate of drug-likeness (QED) is 0.188. The number of anilines is 3. The van der Waals surface area contributed by atoms with Crippen molar-refractivity contribution in [2.75, 3.05) is 4.90 Å². The van der Waals surface area contributed by atoms with Crippen LogP contribution in [-0.4, -0.2) is 9.55 Å². The topological polar surface area (TPSA) is 21.1 Å². The lowest BCUT2D eigenvalue weighted by atomic mass is 9.94. The normalized spacial score (nSPS) is 13.5. The molecule has 0 spiro atoms. The van der Waals surface area contributed by atoms with E-state index in [9.17, 15) is 0 Å². The third-order valence-electron chi connectivity index (χ3n) is 10.8. The number of benzene rings is 7. The number of hydrogen-bond donors (Lipinski definition) is 0. The number of fused-ring (bicyclic) bond motifs is 8. The maximum absolute atomic E-state index is 4.85. The van der Waals surface area contributed by atoms with Crippen LogP contribution in [0.4, 0.5) is 17.1 Å². The Labute approximate surface area is 301 Å². The van der Waals surface area contributed by atoms with Gasteiger partial charge < -0.3 is 9.47 Å². The van der Waals surface area contributed by atoms with Gasteiger partial charge in [-0.25, -0.2) is 0 Å². The van der Waals surface area contributed by atoms with Crippen molar-refractivity contribution in [1.82, 2.24) is 9.55 Å². The predicted octanol–water partition coefficient (Wildman–Crippen LogP) is 13.2. The van der Waals surface area contributed by atoms with E-state index in [1.807, 2.05) is 12.3 Å². The number of para-hydroxylation sites is 3. The SMILES string of the molecule is C=C1/C=C\c2ccccc2N(c2ccccc2)c2ccc(-c3ccc4c(c3)c3ccccc3n4-c3cc4c5c(cccc5c3)-c3cccnc3-4)cc21. The average molecular weight is 662 g/mol. The summed E-state index contributed by atoms with van der Waals surface area (Å²) in [6.07, 6.45) is 6.23. The molecule has 0 atom stereocenters. The fourth-order valence-corrected chi connectivity index (χ4v) is 8.49. The van der Waals surface area contributed by atoms with Crippen LogP contribution in [0, 0.1) is 0 Å². The first kappa shape index (κ1) is 28.8. The zero-order valence-electron chi connectivity index (χ0n) is 28.3. The van der Waals surface area contributed by atoms with Crippen LogP contribution in [0.2, 0.25) is 0 Å². The van der Waals surface area contributed by atoms with Crippen molar-refractivity contribution >= 4 is 61.3 Å². The van der Waals surface area contributed by atoms with Crippen molar-refractivity contribution in [2.24, 2.45) is 0 Å². The van der Waals surface area contributed by atoms with Crippen LogP contribution in [0.15, 0.2) is 177 Å². The first-order valence-electron chi connectivity index (χ1n) is 17.7. The number of hydrogen-bond acceptors (Lipinski definition) is 2. The van der Waals surface area contributed by atoms with Gasteiger partial charge in [0.25, 0.3) is 0 Å². The summed E-state index contributed by atoms with van der Waals surface area (Å²) in [6, 6.07) is 57.1. The van der Waals surface area contributed by atoms with Gasteiger partial charge in [0.2, 0.25) is 0 Å². The van der Waals surface area contributed by atoms with Crippen molar-refractivity contribution in [3.05, 3.63) is 188 Å². The van der Waals surface area contributed by atoms with E-state index in [4.69, 9.17) is 4.98 Å². The monoisotopic (exact) mass is 661 g/mol. The third kappa shape index (κ3) is 4.17. The third-order valence-corrected chi connectivity index (χ3v) is 10.8. The summed E-state index contributed by atoms with van der Waals surface area (Å²) in [7, 11) is 0. The lowest BCUT2D eigenvalue weighted by molar-refractivity contribution is 1.18. The summed E-state index contributed by atoms with van der Waals surface area (Å²) < 4.78 is 2.42. The molecule has 0 saturated carbocycles. The van der Waals surface area contributed by atoms with Gasteiger partial charge >= 0.3 is 0 Å². The Morgan fingerprint density at radius 2 is 1.27 bits per heavy atom. The Bertz CT molecular complexity index is 2980.